The van der Waals surface area contributed by atoms with E-state index in [-0.39, 0.29) is 18.1 Å². The normalized spacial score (nSPS) is 15.0. The zero-order chi connectivity index (χ0) is 10.5. The van der Waals surface area contributed by atoms with Crippen LogP contribution in [0.4, 0.5) is 0 Å². The van der Waals surface area contributed by atoms with Gasteiger partial charge >= 0.3 is 0 Å². The molecule has 0 saturated heterocycles. The van der Waals surface area contributed by atoms with Crippen molar-refractivity contribution in [3.05, 3.63) is 0 Å². The number of aliphatic hydroxyl groups is 2. The van der Waals surface area contributed by atoms with Gasteiger partial charge < -0.3 is 15.1 Å². The van der Waals surface area contributed by atoms with Gasteiger partial charge in [0, 0.05) is 25.1 Å². The molecule has 0 rings (SSSR count). The molecule has 0 heterocycles. The minimum Gasteiger partial charge on any atom is -0.396 e. The second kappa shape index (κ2) is 5.58. The fraction of sp³-hybridized carbons (Fsp3) is 1.00. The van der Waals surface area contributed by atoms with E-state index < -0.39 is 0 Å². The Labute approximate surface area is 81.4 Å². The van der Waals surface area contributed by atoms with Gasteiger partial charge in [0.25, 0.3) is 0 Å². The van der Waals surface area contributed by atoms with Crippen molar-refractivity contribution < 1.29 is 10.2 Å². The average Bonchev–Trinajstić information content (AvgIpc) is 2.00. The van der Waals surface area contributed by atoms with Gasteiger partial charge in [0.2, 0.25) is 0 Å². The van der Waals surface area contributed by atoms with E-state index in [0.29, 0.717) is 0 Å². The van der Waals surface area contributed by atoms with Gasteiger partial charge in [-0.05, 0) is 20.4 Å². The van der Waals surface area contributed by atoms with Crippen LogP contribution in [0, 0.1) is 5.41 Å². The van der Waals surface area contributed by atoms with Gasteiger partial charge in [-0.15, -0.1) is 0 Å². The van der Waals surface area contributed by atoms with Gasteiger partial charge in [0.05, 0.1) is 6.10 Å². The maximum Gasteiger partial charge on any atom is 0.0524 e. The van der Waals surface area contributed by atoms with Crippen molar-refractivity contribution in [2.75, 3.05) is 26.7 Å². The molecule has 0 amide bonds. The van der Waals surface area contributed by atoms with Crippen LogP contribution in [0.15, 0.2) is 0 Å². The van der Waals surface area contributed by atoms with Crippen molar-refractivity contribution in [1.29, 1.82) is 0 Å². The second-order valence-electron chi connectivity index (χ2n) is 4.70. The number of aliphatic hydroxyl groups excluding tert-OH is 2. The fourth-order valence-corrected chi connectivity index (χ4v) is 1.27. The van der Waals surface area contributed by atoms with Crippen LogP contribution in [-0.2, 0) is 0 Å². The van der Waals surface area contributed by atoms with E-state index in [1.54, 1.807) is 6.92 Å². The van der Waals surface area contributed by atoms with E-state index in [1.165, 1.54) is 0 Å². The SMILES string of the molecule is CC(O)CCN(C)CC(C)(C)CO. The molecule has 0 saturated carbocycles. The van der Waals surface area contributed by atoms with E-state index in [1.807, 2.05) is 20.9 Å². The smallest absolute Gasteiger partial charge is 0.0524 e. The van der Waals surface area contributed by atoms with Crippen molar-refractivity contribution in [3.8, 4) is 0 Å². The molecule has 3 heteroatoms. The summed E-state index contributed by atoms with van der Waals surface area (Å²) in [4.78, 5) is 2.14. The third-order valence-electron chi connectivity index (χ3n) is 2.05. The first-order valence-electron chi connectivity index (χ1n) is 4.85. The Bertz CT molecular complexity index is 135. The summed E-state index contributed by atoms with van der Waals surface area (Å²) in [7, 11) is 2.01. The second-order valence-corrected chi connectivity index (χ2v) is 4.70. The lowest BCUT2D eigenvalue weighted by molar-refractivity contribution is 0.103. The number of hydrogen-bond acceptors (Lipinski definition) is 3. The zero-order valence-electron chi connectivity index (χ0n) is 9.25. The van der Waals surface area contributed by atoms with Crippen LogP contribution >= 0.6 is 0 Å². The minimum absolute atomic E-state index is 0.0482. The number of nitrogens with zero attached hydrogens (tertiary/aromatic N) is 1. The van der Waals surface area contributed by atoms with Gasteiger partial charge in [-0.2, -0.15) is 0 Å². The Morgan fingerprint density at radius 1 is 1.38 bits per heavy atom. The van der Waals surface area contributed by atoms with Crippen LogP contribution in [-0.4, -0.2) is 48.0 Å². The van der Waals surface area contributed by atoms with E-state index >= 15 is 0 Å². The molecule has 0 fully saturated rings. The predicted octanol–water partition coefficient (Wildman–Crippen LogP) is 0.708. The molecule has 2 N–H and O–H groups in total. The summed E-state index contributed by atoms with van der Waals surface area (Å²) < 4.78 is 0. The minimum atomic E-state index is -0.236. The van der Waals surface area contributed by atoms with Crippen molar-refractivity contribution in [3.63, 3.8) is 0 Å². The Hall–Kier alpha value is -0.120. The van der Waals surface area contributed by atoms with Crippen LogP contribution in [0.5, 0.6) is 0 Å². The summed E-state index contributed by atoms with van der Waals surface area (Å²) in [6.07, 6.45) is 0.553. The van der Waals surface area contributed by atoms with Gasteiger partial charge in [0.15, 0.2) is 0 Å². The highest BCUT2D eigenvalue weighted by Gasteiger charge is 2.18. The molecule has 0 spiro atoms. The van der Waals surface area contributed by atoms with E-state index in [9.17, 15) is 0 Å². The van der Waals surface area contributed by atoms with Crippen LogP contribution in [0.25, 0.3) is 0 Å². The summed E-state index contributed by atoms with van der Waals surface area (Å²) in [5, 5.41) is 18.1. The maximum absolute atomic E-state index is 9.08. The Balaban J connectivity index is 3.67. The molecule has 0 bridgehead atoms. The molecule has 0 aromatic heterocycles. The third-order valence-corrected chi connectivity index (χ3v) is 2.05. The first kappa shape index (κ1) is 12.9. The first-order valence-corrected chi connectivity index (χ1v) is 4.85. The van der Waals surface area contributed by atoms with Crippen LogP contribution < -0.4 is 0 Å². The molecule has 13 heavy (non-hydrogen) atoms. The van der Waals surface area contributed by atoms with Crippen LogP contribution in [0.3, 0.4) is 0 Å². The highest BCUT2D eigenvalue weighted by atomic mass is 16.3. The first-order chi connectivity index (χ1) is 5.87. The number of hydrogen-bond donors (Lipinski definition) is 2. The lowest BCUT2D eigenvalue weighted by Gasteiger charge is -2.28. The van der Waals surface area contributed by atoms with Crippen molar-refractivity contribution in [2.24, 2.45) is 5.41 Å². The molecule has 1 unspecified atom stereocenters. The molecule has 0 aliphatic rings. The lowest BCUT2D eigenvalue weighted by atomic mass is 9.94. The van der Waals surface area contributed by atoms with Crippen LogP contribution in [0.2, 0.25) is 0 Å². The maximum atomic E-state index is 9.08. The predicted molar refractivity (Wildman–Crippen MR) is 54.7 cm³/mol. The van der Waals surface area contributed by atoms with Gasteiger partial charge in [-0.1, -0.05) is 13.8 Å². The van der Waals surface area contributed by atoms with Crippen molar-refractivity contribution in [2.45, 2.75) is 33.3 Å². The number of rotatable bonds is 6. The third kappa shape index (κ3) is 6.99. The molecule has 0 radical (unpaired) electrons. The standard InChI is InChI=1S/C10H23NO2/c1-9(13)5-6-11(4)7-10(2,3)8-12/h9,12-13H,5-8H2,1-4H3. The molecule has 0 aliphatic heterocycles. The van der Waals surface area contributed by atoms with E-state index in [0.717, 1.165) is 19.5 Å². The van der Waals surface area contributed by atoms with Crippen molar-refractivity contribution in [1.82, 2.24) is 4.90 Å². The summed E-state index contributed by atoms with van der Waals surface area (Å²) in [5.41, 5.74) is -0.0482. The fourth-order valence-electron chi connectivity index (χ4n) is 1.27. The van der Waals surface area contributed by atoms with Gasteiger partial charge in [-0.25, -0.2) is 0 Å². The molecule has 1 atom stereocenters. The van der Waals surface area contributed by atoms with Crippen LogP contribution in [0.1, 0.15) is 27.2 Å². The Morgan fingerprint density at radius 2 is 1.92 bits per heavy atom. The Morgan fingerprint density at radius 3 is 2.31 bits per heavy atom. The highest BCUT2D eigenvalue weighted by molar-refractivity contribution is 4.71. The van der Waals surface area contributed by atoms with Gasteiger partial charge in [0.1, 0.15) is 0 Å². The molecule has 0 aromatic rings. The monoisotopic (exact) mass is 189 g/mol. The summed E-state index contributed by atoms with van der Waals surface area (Å²) in [6.45, 7) is 7.80. The highest BCUT2D eigenvalue weighted by Crippen LogP contribution is 2.14. The molecule has 0 aliphatic carbocycles. The quantitative estimate of drug-likeness (QED) is 0.646. The van der Waals surface area contributed by atoms with E-state index in [4.69, 9.17) is 10.2 Å². The topological polar surface area (TPSA) is 43.7 Å². The molecular formula is C10H23NO2. The summed E-state index contributed by atoms with van der Waals surface area (Å²) in [5.74, 6) is 0. The zero-order valence-corrected chi connectivity index (χ0v) is 9.25. The largest absolute Gasteiger partial charge is 0.396 e. The molecular weight excluding hydrogens is 166 g/mol. The molecule has 0 aromatic carbocycles. The summed E-state index contributed by atoms with van der Waals surface area (Å²) in [6, 6.07) is 0. The lowest BCUT2D eigenvalue weighted by Crippen LogP contribution is -2.35. The van der Waals surface area contributed by atoms with Crippen molar-refractivity contribution >= 4 is 0 Å². The molecule has 3 nitrogen and oxygen atoms in total. The van der Waals surface area contributed by atoms with Gasteiger partial charge in [-0.3, -0.25) is 0 Å². The van der Waals surface area contributed by atoms with E-state index in [2.05, 4.69) is 4.90 Å². The molecule has 80 valence electrons. The summed E-state index contributed by atoms with van der Waals surface area (Å²) >= 11 is 0. The Kier molecular flexibility index (Phi) is 5.53. The average molecular weight is 189 g/mol.